The Morgan fingerprint density at radius 2 is 1.46 bits per heavy atom. The fourth-order valence-electron chi connectivity index (χ4n) is 3.57. The van der Waals surface area contributed by atoms with Crippen LogP contribution in [0.5, 0.6) is 0 Å². The van der Waals surface area contributed by atoms with Gasteiger partial charge in [-0.05, 0) is 38.1 Å². The van der Waals surface area contributed by atoms with Crippen molar-refractivity contribution in [2.45, 2.75) is 13.8 Å². The minimum absolute atomic E-state index is 0.754. The van der Waals surface area contributed by atoms with E-state index < -0.39 is 0 Å². The molecule has 0 radical (unpaired) electrons. The van der Waals surface area contributed by atoms with Crippen molar-refractivity contribution < 1.29 is 0 Å². The van der Waals surface area contributed by atoms with Crippen molar-refractivity contribution in [2.75, 3.05) is 0 Å². The highest BCUT2D eigenvalue weighted by atomic mass is 14.9. The molecule has 2 heterocycles. The maximum atomic E-state index is 4.85. The highest BCUT2D eigenvalue weighted by molar-refractivity contribution is 5.88. The number of aryl methyl sites for hydroxylation is 2. The van der Waals surface area contributed by atoms with E-state index in [0.29, 0.717) is 0 Å². The normalized spacial score (nSPS) is 11.2. The Labute approximate surface area is 163 Å². The van der Waals surface area contributed by atoms with Gasteiger partial charge in [0.15, 0.2) is 5.82 Å². The van der Waals surface area contributed by atoms with Crippen LogP contribution in [0.1, 0.15) is 11.3 Å². The van der Waals surface area contributed by atoms with Gasteiger partial charge in [-0.3, -0.25) is 0 Å². The van der Waals surface area contributed by atoms with Crippen molar-refractivity contribution in [1.29, 1.82) is 0 Å². The van der Waals surface area contributed by atoms with Gasteiger partial charge >= 0.3 is 0 Å². The molecule has 0 saturated carbocycles. The summed E-state index contributed by atoms with van der Waals surface area (Å²) in [5, 5.41) is 2.23. The lowest BCUT2D eigenvalue weighted by Crippen LogP contribution is -1.95. The SMILES string of the molecule is Cc1ccc2nc(-c3ccc4c(C)nc(-c5ccccc5)nc4c3)ccc2c1. The molecule has 0 aliphatic rings. The topological polar surface area (TPSA) is 38.7 Å². The zero-order chi connectivity index (χ0) is 19.1. The number of benzene rings is 3. The Kier molecular flexibility index (Phi) is 3.87. The molecular formula is C25H19N3. The molecule has 3 nitrogen and oxygen atoms in total. The first-order valence-corrected chi connectivity index (χ1v) is 9.39. The van der Waals surface area contributed by atoms with Crippen LogP contribution in [0.15, 0.2) is 78.9 Å². The maximum absolute atomic E-state index is 4.85. The zero-order valence-electron chi connectivity index (χ0n) is 15.8. The maximum Gasteiger partial charge on any atom is 0.160 e. The summed E-state index contributed by atoms with van der Waals surface area (Å²) in [5.41, 5.74) is 7.22. The zero-order valence-corrected chi connectivity index (χ0v) is 15.8. The molecule has 0 unspecified atom stereocenters. The van der Waals surface area contributed by atoms with Crippen LogP contribution in [-0.2, 0) is 0 Å². The number of aromatic nitrogens is 3. The molecule has 2 aromatic heterocycles. The predicted octanol–water partition coefficient (Wildman–Crippen LogP) is 6.13. The lowest BCUT2D eigenvalue weighted by molar-refractivity contribution is 1.16. The van der Waals surface area contributed by atoms with Crippen molar-refractivity contribution in [3.63, 3.8) is 0 Å². The van der Waals surface area contributed by atoms with Crippen LogP contribution in [0.25, 0.3) is 44.5 Å². The van der Waals surface area contributed by atoms with Crippen LogP contribution in [0, 0.1) is 13.8 Å². The van der Waals surface area contributed by atoms with E-state index in [0.717, 1.165) is 50.1 Å². The summed E-state index contributed by atoms with van der Waals surface area (Å²) >= 11 is 0. The minimum atomic E-state index is 0.754. The van der Waals surface area contributed by atoms with Gasteiger partial charge < -0.3 is 0 Å². The average molecular weight is 361 g/mol. The van der Waals surface area contributed by atoms with Gasteiger partial charge in [0, 0.05) is 27.6 Å². The molecule has 0 aliphatic heterocycles. The number of hydrogen-bond acceptors (Lipinski definition) is 3. The Balaban J connectivity index is 1.65. The molecule has 0 fully saturated rings. The van der Waals surface area contributed by atoms with E-state index in [1.165, 1.54) is 5.56 Å². The Bertz CT molecular complexity index is 1320. The van der Waals surface area contributed by atoms with E-state index in [-0.39, 0.29) is 0 Å². The molecule has 28 heavy (non-hydrogen) atoms. The van der Waals surface area contributed by atoms with Gasteiger partial charge in [-0.1, -0.05) is 60.2 Å². The number of hydrogen-bond donors (Lipinski definition) is 0. The highest BCUT2D eigenvalue weighted by Gasteiger charge is 2.09. The van der Waals surface area contributed by atoms with E-state index in [2.05, 4.69) is 55.5 Å². The lowest BCUT2D eigenvalue weighted by atomic mass is 10.1. The van der Waals surface area contributed by atoms with Crippen molar-refractivity contribution in [2.24, 2.45) is 0 Å². The van der Waals surface area contributed by atoms with Gasteiger partial charge in [-0.2, -0.15) is 0 Å². The van der Waals surface area contributed by atoms with E-state index in [4.69, 9.17) is 15.0 Å². The summed E-state index contributed by atoms with van der Waals surface area (Å²) < 4.78 is 0. The van der Waals surface area contributed by atoms with Crippen LogP contribution in [-0.4, -0.2) is 15.0 Å². The molecule has 5 rings (SSSR count). The largest absolute Gasteiger partial charge is 0.248 e. The molecule has 5 aromatic rings. The summed E-state index contributed by atoms with van der Waals surface area (Å²) in [4.78, 5) is 14.4. The van der Waals surface area contributed by atoms with Gasteiger partial charge in [-0.15, -0.1) is 0 Å². The fraction of sp³-hybridized carbons (Fsp3) is 0.0800. The molecule has 0 atom stereocenters. The molecule has 0 spiro atoms. The molecule has 0 amide bonds. The van der Waals surface area contributed by atoms with Gasteiger partial charge in [-0.25, -0.2) is 15.0 Å². The van der Waals surface area contributed by atoms with E-state index in [9.17, 15) is 0 Å². The third-order valence-electron chi connectivity index (χ3n) is 5.06. The second-order valence-corrected chi connectivity index (χ2v) is 7.12. The third-order valence-corrected chi connectivity index (χ3v) is 5.06. The molecule has 134 valence electrons. The Morgan fingerprint density at radius 3 is 2.32 bits per heavy atom. The number of rotatable bonds is 2. The van der Waals surface area contributed by atoms with Gasteiger partial charge in [0.2, 0.25) is 0 Å². The van der Waals surface area contributed by atoms with Crippen LogP contribution in [0.4, 0.5) is 0 Å². The number of pyridine rings is 1. The smallest absolute Gasteiger partial charge is 0.160 e. The van der Waals surface area contributed by atoms with Crippen molar-refractivity contribution in [3.8, 4) is 22.6 Å². The Morgan fingerprint density at radius 1 is 0.607 bits per heavy atom. The molecule has 3 heteroatoms. The van der Waals surface area contributed by atoms with E-state index in [1.54, 1.807) is 0 Å². The van der Waals surface area contributed by atoms with Crippen molar-refractivity contribution >= 4 is 21.8 Å². The second kappa shape index (κ2) is 6.54. The predicted molar refractivity (Wildman–Crippen MR) is 115 cm³/mol. The standard InChI is InChI=1S/C25H19N3/c1-16-8-12-22-19(14-16)10-13-23(27-22)20-9-11-21-17(2)26-25(28-24(21)15-20)18-6-4-3-5-7-18/h3-15H,1-2H3. The Hall–Kier alpha value is -3.59. The van der Waals surface area contributed by atoms with Crippen LogP contribution < -0.4 is 0 Å². The number of nitrogens with zero attached hydrogens (tertiary/aromatic N) is 3. The average Bonchev–Trinajstić information content (AvgIpc) is 2.73. The summed E-state index contributed by atoms with van der Waals surface area (Å²) in [5.74, 6) is 0.754. The minimum Gasteiger partial charge on any atom is -0.248 e. The molecule has 0 saturated heterocycles. The molecular weight excluding hydrogens is 342 g/mol. The van der Waals surface area contributed by atoms with Gasteiger partial charge in [0.1, 0.15) is 0 Å². The quantitative estimate of drug-likeness (QED) is 0.380. The fourth-order valence-corrected chi connectivity index (χ4v) is 3.57. The summed E-state index contributed by atoms with van der Waals surface area (Å²) in [7, 11) is 0. The molecule has 0 N–H and O–H groups in total. The molecule has 3 aromatic carbocycles. The number of fused-ring (bicyclic) bond motifs is 2. The molecule has 0 bridgehead atoms. The van der Waals surface area contributed by atoms with Crippen molar-refractivity contribution in [3.05, 3.63) is 90.1 Å². The summed E-state index contributed by atoms with van der Waals surface area (Å²) in [6, 6.07) is 27.0. The van der Waals surface area contributed by atoms with E-state index >= 15 is 0 Å². The lowest BCUT2D eigenvalue weighted by Gasteiger charge is -2.09. The summed E-state index contributed by atoms with van der Waals surface area (Å²) in [6.45, 7) is 4.13. The van der Waals surface area contributed by atoms with Crippen LogP contribution >= 0.6 is 0 Å². The monoisotopic (exact) mass is 361 g/mol. The first-order chi connectivity index (χ1) is 13.7. The first kappa shape index (κ1) is 16.6. The van der Waals surface area contributed by atoms with Gasteiger partial charge in [0.25, 0.3) is 0 Å². The van der Waals surface area contributed by atoms with Gasteiger partial charge in [0.05, 0.1) is 16.7 Å². The highest BCUT2D eigenvalue weighted by Crippen LogP contribution is 2.27. The van der Waals surface area contributed by atoms with E-state index in [1.807, 2.05) is 37.3 Å². The summed E-state index contributed by atoms with van der Waals surface area (Å²) in [6.07, 6.45) is 0. The van der Waals surface area contributed by atoms with Crippen LogP contribution in [0.3, 0.4) is 0 Å². The first-order valence-electron chi connectivity index (χ1n) is 9.39. The van der Waals surface area contributed by atoms with Crippen molar-refractivity contribution in [1.82, 2.24) is 15.0 Å². The molecule has 0 aliphatic carbocycles. The second-order valence-electron chi connectivity index (χ2n) is 7.12. The third kappa shape index (κ3) is 2.91. The van der Waals surface area contributed by atoms with Crippen LogP contribution in [0.2, 0.25) is 0 Å².